The number of nitrogens with one attached hydrogen (secondary N) is 3. The van der Waals surface area contributed by atoms with Crippen molar-refractivity contribution in [2.24, 2.45) is 5.41 Å². The van der Waals surface area contributed by atoms with Crippen molar-refractivity contribution in [1.29, 1.82) is 0 Å². The Labute approximate surface area is 345 Å². The molecule has 2 amide bonds. The molecule has 5 aromatic rings. The molecule has 4 fully saturated rings. The van der Waals surface area contributed by atoms with Gasteiger partial charge in [0.1, 0.15) is 0 Å². The lowest BCUT2D eigenvalue weighted by atomic mass is 9.60. The van der Waals surface area contributed by atoms with Crippen LogP contribution in [0.1, 0.15) is 86.9 Å². The molecule has 10 rings (SSSR count). The van der Waals surface area contributed by atoms with Crippen molar-refractivity contribution in [2.75, 3.05) is 41.3 Å². The quantitative estimate of drug-likeness (QED) is 0.0944. The number of allylic oxidation sites excluding steroid dienone is 1. The van der Waals surface area contributed by atoms with Gasteiger partial charge in [-0.1, -0.05) is 31.2 Å². The van der Waals surface area contributed by atoms with Crippen molar-refractivity contribution in [3.63, 3.8) is 0 Å². The second kappa shape index (κ2) is 15.2. The van der Waals surface area contributed by atoms with Gasteiger partial charge in [-0.3, -0.25) is 19.7 Å². The first-order valence-electron chi connectivity index (χ1n) is 21.7. The number of benzene rings is 3. The number of hydrogen-bond donors (Lipinski definition) is 3. The van der Waals surface area contributed by atoms with E-state index in [4.69, 9.17) is 4.98 Å². The molecule has 3 N–H and O–H groups in total. The standard InChI is InChI=1S/C48H54N8O3/c1-3-22-55-47(59)41-16-13-36(26-42(41)56(55)43-18-10-32-9-8-31(4-2)45(32)51-43)49-34-11-14-38(15-12-34)54-29-48(30-54)27-37(28-48)50-35-20-23-53(24-21-35)39-7-5-6-33(25-39)40-17-19-44(57)52-46(40)58/h3,5-7,10-16,18,25-26,31,35,37,40,49-50H,1,4,8-9,17,19-24,27-30H2,2H3,(H,52,57,58). The van der Waals surface area contributed by atoms with Crippen molar-refractivity contribution in [3.05, 3.63) is 119 Å². The normalized spacial score (nSPS) is 21.6. The van der Waals surface area contributed by atoms with E-state index >= 15 is 0 Å². The van der Waals surface area contributed by atoms with Crippen LogP contribution in [-0.2, 0) is 22.6 Å². The van der Waals surface area contributed by atoms with E-state index < -0.39 is 0 Å². The van der Waals surface area contributed by atoms with Crippen molar-refractivity contribution in [1.82, 2.24) is 25.0 Å². The van der Waals surface area contributed by atoms with Gasteiger partial charge in [0.25, 0.3) is 5.56 Å². The lowest BCUT2D eigenvalue weighted by Gasteiger charge is -2.60. The second-order valence-electron chi connectivity index (χ2n) is 17.7. The molecular formula is C48H54N8O3. The number of carbonyl (C=O) groups excluding carboxylic acids is 2. The predicted octanol–water partition coefficient (Wildman–Crippen LogP) is 7.30. The molecule has 11 nitrogen and oxygen atoms in total. The summed E-state index contributed by atoms with van der Waals surface area (Å²) >= 11 is 0. The van der Waals surface area contributed by atoms with Crippen LogP contribution in [0.4, 0.5) is 22.7 Å². The topological polar surface area (TPSA) is 117 Å². The molecule has 0 bridgehead atoms. The number of rotatable bonds is 11. The van der Waals surface area contributed by atoms with Gasteiger partial charge >= 0.3 is 0 Å². The van der Waals surface area contributed by atoms with Gasteiger partial charge in [0.2, 0.25) is 11.8 Å². The zero-order chi connectivity index (χ0) is 40.3. The first-order valence-corrected chi connectivity index (χ1v) is 21.7. The number of carbonyl (C=O) groups is 2. The highest BCUT2D eigenvalue weighted by molar-refractivity contribution is 6.01. The lowest BCUT2D eigenvalue weighted by Crippen LogP contribution is -2.67. The summed E-state index contributed by atoms with van der Waals surface area (Å²) in [4.78, 5) is 47.8. The Hall–Kier alpha value is -5.68. The number of pyridine rings is 1. The van der Waals surface area contributed by atoms with E-state index in [1.165, 1.54) is 35.5 Å². The minimum Gasteiger partial charge on any atom is -0.371 e. The molecule has 3 saturated heterocycles. The fourth-order valence-electron chi connectivity index (χ4n) is 10.7. The van der Waals surface area contributed by atoms with Gasteiger partial charge in [0, 0.05) is 84.5 Å². The van der Waals surface area contributed by atoms with Gasteiger partial charge in [0.05, 0.1) is 23.4 Å². The van der Waals surface area contributed by atoms with Crippen LogP contribution in [0, 0.1) is 5.41 Å². The lowest BCUT2D eigenvalue weighted by molar-refractivity contribution is -0.134. The monoisotopic (exact) mass is 790 g/mol. The van der Waals surface area contributed by atoms with Gasteiger partial charge < -0.3 is 20.4 Å². The Morgan fingerprint density at radius 3 is 2.41 bits per heavy atom. The van der Waals surface area contributed by atoms with E-state index in [-0.39, 0.29) is 23.3 Å². The molecule has 2 unspecified atom stereocenters. The van der Waals surface area contributed by atoms with Crippen LogP contribution in [0.25, 0.3) is 16.7 Å². The molecular weight excluding hydrogens is 737 g/mol. The fraction of sp³-hybridized carbons (Fsp3) is 0.417. The Bertz CT molecular complexity index is 2480. The molecule has 5 heterocycles. The zero-order valence-corrected chi connectivity index (χ0v) is 34.0. The Kier molecular flexibility index (Phi) is 9.66. The van der Waals surface area contributed by atoms with E-state index in [9.17, 15) is 14.4 Å². The fourth-order valence-corrected chi connectivity index (χ4v) is 10.7. The Morgan fingerprint density at radius 1 is 0.847 bits per heavy atom. The third-order valence-corrected chi connectivity index (χ3v) is 13.9. The van der Waals surface area contributed by atoms with Crippen LogP contribution in [0.2, 0.25) is 0 Å². The van der Waals surface area contributed by atoms with Gasteiger partial charge in [-0.2, -0.15) is 0 Å². The number of amides is 2. The Balaban J connectivity index is 0.727. The first-order chi connectivity index (χ1) is 28.8. The number of hydrogen-bond acceptors (Lipinski definition) is 8. The number of anilines is 4. The van der Waals surface area contributed by atoms with Crippen LogP contribution >= 0.6 is 0 Å². The van der Waals surface area contributed by atoms with Gasteiger partial charge in [-0.15, -0.1) is 6.58 Å². The van der Waals surface area contributed by atoms with E-state index in [1.807, 2.05) is 28.9 Å². The van der Waals surface area contributed by atoms with Crippen LogP contribution in [-0.4, -0.2) is 64.4 Å². The SMILES string of the molecule is C=CCn1c(=O)c2ccc(Nc3ccc(N4CC5(CC(NC6CCN(c7cccc(C8CCC(=O)NC8=O)c7)CC6)C5)C4)cc3)cc2n1-c1ccc2c(n1)C(CC)CC2. The summed E-state index contributed by atoms with van der Waals surface area (Å²) in [6, 6.07) is 28.4. The summed E-state index contributed by atoms with van der Waals surface area (Å²) in [7, 11) is 0. The molecule has 59 heavy (non-hydrogen) atoms. The number of aromatic nitrogens is 3. The van der Waals surface area contributed by atoms with E-state index in [0.717, 1.165) is 86.6 Å². The molecule has 2 aliphatic carbocycles. The summed E-state index contributed by atoms with van der Waals surface area (Å²) in [5, 5.41) is 10.7. The first kappa shape index (κ1) is 37.6. The number of piperidine rings is 2. The minimum atomic E-state index is -0.248. The summed E-state index contributed by atoms with van der Waals surface area (Å²) in [5.74, 6) is 0.640. The molecule has 3 aliphatic heterocycles. The van der Waals surface area contributed by atoms with Gasteiger partial charge in [-0.05, 0) is 123 Å². The van der Waals surface area contributed by atoms with Crippen molar-refractivity contribution >= 4 is 45.5 Å². The highest BCUT2D eigenvalue weighted by atomic mass is 16.2. The molecule has 5 aliphatic rings. The molecule has 11 heteroatoms. The smallest absolute Gasteiger partial charge is 0.275 e. The highest BCUT2D eigenvalue weighted by Gasteiger charge is 2.52. The highest BCUT2D eigenvalue weighted by Crippen LogP contribution is 2.50. The van der Waals surface area contributed by atoms with Crippen LogP contribution in [0.3, 0.4) is 0 Å². The molecule has 2 atom stereocenters. The largest absolute Gasteiger partial charge is 0.371 e. The maximum Gasteiger partial charge on any atom is 0.275 e. The van der Waals surface area contributed by atoms with Crippen LogP contribution in [0.15, 0.2) is 96.3 Å². The van der Waals surface area contributed by atoms with Crippen molar-refractivity contribution < 1.29 is 9.59 Å². The van der Waals surface area contributed by atoms with E-state index in [1.54, 1.807) is 10.8 Å². The summed E-state index contributed by atoms with van der Waals surface area (Å²) in [5.41, 5.74) is 9.05. The van der Waals surface area contributed by atoms with E-state index in [0.29, 0.717) is 48.2 Å². The van der Waals surface area contributed by atoms with Crippen molar-refractivity contribution in [3.8, 4) is 5.82 Å². The predicted molar refractivity (Wildman–Crippen MR) is 234 cm³/mol. The second-order valence-corrected chi connectivity index (χ2v) is 17.7. The van der Waals surface area contributed by atoms with Gasteiger partial charge in [0.15, 0.2) is 5.82 Å². The van der Waals surface area contributed by atoms with Crippen LogP contribution in [0.5, 0.6) is 0 Å². The minimum absolute atomic E-state index is 0.0418. The molecule has 0 radical (unpaired) electrons. The zero-order valence-electron chi connectivity index (χ0n) is 34.0. The van der Waals surface area contributed by atoms with E-state index in [2.05, 4.69) is 93.9 Å². The molecule has 1 spiro atoms. The maximum absolute atomic E-state index is 13.6. The van der Waals surface area contributed by atoms with Crippen molar-refractivity contribution in [2.45, 2.75) is 95.2 Å². The summed E-state index contributed by atoms with van der Waals surface area (Å²) in [6.07, 6.45) is 10.7. The summed E-state index contributed by atoms with van der Waals surface area (Å²) < 4.78 is 3.71. The third-order valence-electron chi connectivity index (χ3n) is 13.9. The number of imide groups is 1. The summed E-state index contributed by atoms with van der Waals surface area (Å²) in [6.45, 7) is 10.8. The number of fused-ring (bicyclic) bond motifs is 2. The molecule has 304 valence electrons. The molecule has 1 saturated carbocycles. The number of nitrogens with zero attached hydrogens (tertiary/aromatic N) is 5. The van der Waals surface area contributed by atoms with Crippen LogP contribution < -0.4 is 31.3 Å². The van der Waals surface area contributed by atoms with Gasteiger partial charge in [-0.25, -0.2) is 14.3 Å². The third kappa shape index (κ3) is 7.03. The Morgan fingerprint density at radius 2 is 1.64 bits per heavy atom. The average Bonchev–Trinajstić information content (AvgIpc) is 3.76. The maximum atomic E-state index is 13.6. The molecule has 3 aromatic carbocycles. The molecule has 2 aromatic heterocycles. The number of aryl methyl sites for hydroxylation is 1. The average molecular weight is 791 g/mol.